The van der Waals surface area contributed by atoms with Gasteiger partial charge in [-0.3, -0.25) is 4.79 Å². The quantitative estimate of drug-likeness (QED) is 0.875. The van der Waals surface area contributed by atoms with Crippen LogP contribution in [0.25, 0.3) is 0 Å². The molecule has 2 aliphatic rings. The molecule has 1 aromatic rings. The number of hydrogen-bond acceptors (Lipinski definition) is 3. The number of alkyl halides is 3. The predicted molar refractivity (Wildman–Crippen MR) is 85.3 cm³/mol. The van der Waals surface area contributed by atoms with Crippen LogP contribution in [0.2, 0.25) is 0 Å². The van der Waals surface area contributed by atoms with Crippen molar-refractivity contribution in [2.75, 3.05) is 19.7 Å². The number of carbonyl (C=O) groups excluding carboxylic acids is 1. The summed E-state index contributed by atoms with van der Waals surface area (Å²) in [5, 5.41) is 9.94. The molecular weight excluding hydrogens is 335 g/mol. The first-order valence-corrected chi connectivity index (χ1v) is 8.68. The molecule has 1 heterocycles. The van der Waals surface area contributed by atoms with E-state index in [1.165, 1.54) is 17.4 Å². The molecular formula is C18H22F3NO3. The summed E-state index contributed by atoms with van der Waals surface area (Å²) < 4.78 is 44.6. The molecule has 2 fully saturated rings. The van der Waals surface area contributed by atoms with Crippen molar-refractivity contribution >= 4 is 5.91 Å². The average Bonchev–Trinajstić information content (AvgIpc) is 2.61. The lowest BCUT2D eigenvalue weighted by molar-refractivity contribution is -0.138. The molecule has 0 spiro atoms. The second kappa shape index (κ2) is 7.23. The lowest BCUT2D eigenvalue weighted by Crippen LogP contribution is -2.48. The van der Waals surface area contributed by atoms with Crippen molar-refractivity contribution in [1.29, 1.82) is 0 Å². The van der Waals surface area contributed by atoms with E-state index in [2.05, 4.69) is 0 Å². The Morgan fingerprint density at radius 1 is 1.20 bits per heavy atom. The van der Waals surface area contributed by atoms with Crippen LogP contribution < -0.4 is 0 Å². The largest absolute Gasteiger partial charge is 0.506 e. The number of nitrogens with zero attached hydrogens (tertiary/aromatic N) is 1. The Balaban J connectivity index is 1.76. The number of para-hydroxylation sites is 1. The summed E-state index contributed by atoms with van der Waals surface area (Å²) in [6.07, 6.45) is 0.842. The molecule has 138 valence electrons. The summed E-state index contributed by atoms with van der Waals surface area (Å²) in [6.45, 7) is 1.05. The van der Waals surface area contributed by atoms with Gasteiger partial charge in [0.25, 0.3) is 5.91 Å². The van der Waals surface area contributed by atoms with Crippen LogP contribution in [0.3, 0.4) is 0 Å². The van der Waals surface area contributed by atoms with Gasteiger partial charge in [0.2, 0.25) is 0 Å². The lowest BCUT2D eigenvalue weighted by Gasteiger charge is -2.38. The minimum atomic E-state index is -4.70. The van der Waals surface area contributed by atoms with Crippen LogP contribution in [0, 0.1) is 5.92 Å². The first kappa shape index (κ1) is 18.0. The highest BCUT2D eigenvalue weighted by Gasteiger charge is 2.37. The Hall–Kier alpha value is -1.76. The molecule has 1 amide bonds. The maximum absolute atomic E-state index is 12.9. The number of morpholine rings is 1. The van der Waals surface area contributed by atoms with Gasteiger partial charge in [-0.25, -0.2) is 0 Å². The molecule has 1 aliphatic carbocycles. The summed E-state index contributed by atoms with van der Waals surface area (Å²) in [5.41, 5.74) is -1.49. The number of aromatic hydroxyl groups is 1. The molecule has 1 atom stereocenters. The second-order valence-corrected chi connectivity index (χ2v) is 6.76. The summed E-state index contributed by atoms with van der Waals surface area (Å²) in [7, 11) is 0. The number of ether oxygens (including phenoxy) is 1. The van der Waals surface area contributed by atoms with Crippen LogP contribution in [0.5, 0.6) is 5.75 Å². The summed E-state index contributed by atoms with van der Waals surface area (Å²) in [6, 6.07) is 3.16. The molecule has 1 saturated heterocycles. The zero-order valence-corrected chi connectivity index (χ0v) is 13.9. The molecule has 1 saturated carbocycles. The standard InChI is InChI=1S/C18H22F3NO3/c19-18(20,21)14-8-4-7-13(16(14)23)17(24)22-9-10-25-15(11-22)12-5-2-1-3-6-12/h4,7-8,12,15,23H,1-3,5-6,9-11H2. The molecule has 1 aromatic carbocycles. The first-order valence-electron chi connectivity index (χ1n) is 8.68. The fraction of sp³-hybridized carbons (Fsp3) is 0.611. The van der Waals surface area contributed by atoms with Gasteiger partial charge in [0.1, 0.15) is 5.75 Å². The number of carbonyl (C=O) groups is 1. The van der Waals surface area contributed by atoms with Gasteiger partial charge in [0.05, 0.1) is 23.8 Å². The van der Waals surface area contributed by atoms with Gasteiger partial charge in [-0.2, -0.15) is 13.2 Å². The van der Waals surface area contributed by atoms with Gasteiger partial charge in [0.15, 0.2) is 0 Å². The fourth-order valence-electron chi connectivity index (χ4n) is 3.77. The van der Waals surface area contributed by atoms with Crippen molar-refractivity contribution in [3.63, 3.8) is 0 Å². The molecule has 4 nitrogen and oxygen atoms in total. The van der Waals surface area contributed by atoms with Crippen molar-refractivity contribution in [2.24, 2.45) is 5.92 Å². The number of hydrogen-bond donors (Lipinski definition) is 1. The summed E-state index contributed by atoms with van der Waals surface area (Å²) >= 11 is 0. The number of halogens is 3. The molecule has 1 N–H and O–H groups in total. The van der Waals surface area contributed by atoms with E-state index in [0.717, 1.165) is 37.8 Å². The van der Waals surface area contributed by atoms with Crippen molar-refractivity contribution in [3.8, 4) is 5.75 Å². The molecule has 25 heavy (non-hydrogen) atoms. The van der Waals surface area contributed by atoms with Crippen molar-refractivity contribution < 1.29 is 27.8 Å². The van der Waals surface area contributed by atoms with Crippen LogP contribution in [-0.2, 0) is 10.9 Å². The van der Waals surface area contributed by atoms with E-state index in [-0.39, 0.29) is 11.7 Å². The van der Waals surface area contributed by atoms with E-state index in [1.54, 1.807) is 0 Å². The van der Waals surface area contributed by atoms with Crippen LogP contribution in [-0.4, -0.2) is 41.7 Å². The van der Waals surface area contributed by atoms with E-state index in [1.807, 2.05) is 0 Å². The van der Waals surface area contributed by atoms with Gasteiger partial charge in [0, 0.05) is 13.1 Å². The molecule has 0 radical (unpaired) electrons. The SMILES string of the molecule is O=C(c1cccc(C(F)(F)F)c1O)N1CCOC(C2CCCCC2)C1. The zero-order valence-electron chi connectivity index (χ0n) is 13.9. The molecule has 0 bridgehead atoms. The third-order valence-corrected chi connectivity index (χ3v) is 5.13. The van der Waals surface area contributed by atoms with Gasteiger partial charge >= 0.3 is 6.18 Å². The Bertz CT molecular complexity index is 626. The Kier molecular flexibility index (Phi) is 5.22. The van der Waals surface area contributed by atoms with Crippen molar-refractivity contribution in [1.82, 2.24) is 4.90 Å². The van der Waals surface area contributed by atoms with E-state index in [9.17, 15) is 23.1 Å². The maximum Gasteiger partial charge on any atom is 0.419 e. The summed E-state index contributed by atoms with van der Waals surface area (Å²) in [4.78, 5) is 14.2. The highest BCUT2D eigenvalue weighted by molar-refractivity contribution is 5.97. The van der Waals surface area contributed by atoms with E-state index >= 15 is 0 Å². The van der Waals surface area contributed by atoms with E-state index < -0.39 is 23.4 Å². The number of benzene rings is 1. The zero-order chi connectivity index (χ0) is 18.0. The number of phenols is 1. The average molecular weight is 357 g/mol. The van der Waals surface area contributed by atoms with Crippen LogP contribution in [0.15, 0.2) is 18.2 Å². The van der Waals surface area contributed by atoms with E-state index in [0.29, 0.717) is 25.6 Å². The Morgan fingerprint density at radius 2 is 1.92 bits per heavy atom. The van der Waals surface area contributed by atoms with Gasteiger partial charge < -0.3 is 14.7 Å². The van der Waals surface area contributed by atoms with E-state index in [4.69, 9.17) is 4.74 Å². The van der Waals surface area contributed by atoms with Crippen molar-refractivity contribution in [2.45, 2.75) is 44.4 Å². The number of amides is 1. The Labute approximate surface area is 144 Å². The van der Waals surface area contributed by atoms with Crippen LogP contribution in [0.1, 0.15) is 48.0 Å². The first-order chi connectivity index (χ1) is 11.9. The van der Waals surface area contributed by atoms with Crippen molar-refractivity contribution in [3.05, 3.63) is 29.3 Å². The predicted octanol–water partition coefficient (Wildman–Crippen LogP) is 3.83. The third-order valence-electron chi connectivity index (χ3n) is 5.13. The second-order valence-electron chi connectivity index (χ2n) is 6.76. The molecule has 7 heteroatoms. The normalized spacial score (nSPS) is 22.8. The number of phenolic OH excluding ortho intramolecular Hbond substituents is 1. The highest BCUT2D eigenvalue weighted by Crippen LogP contribution is 2.38. The Morgan fingerprint density at radius 3 is 2.60 bits per heavy atom. The molecule has 3 rings (SSSR count). The third kappa shape index (κ3) is 3.92. The smallest absolute Gasteiger partial charge is 0.419 e. The van der Waals surface area contributed by atoms with Gasteiger partial charge in [-0.15, -0.1) is 0 Å². The topological polar surface area (TPSA) is 49.8 Å². The highest BCUT2D eigenvalue weighted by atomic mass is 19.4. The van der Waals surface area contributed by atoms with Gasteiger partial charge in [-0.05, 0) is 30.9 Å². The number of rotatable bonds is 2. The molecule has 1 unspecified atom stereocenters. The minimum Gasteiger partial charge on any atom is -0.506 e. The lowest BCUT2D eigenvalue weighted by atomic mass is 9.84. The molecule has 1 aliphatic heterocycles. The monoisotopic (exact) mass is 357 g/mol. The van der Waals surface area contributed by atoms with Gasteiger partial charge in [-0.1, -0.05) is 25.3 Å². The maximum atomic E-state index is 12.9. The molecule has 0 aromatic heterocycles. The van der Waals surface area contributed by atoms with Crippen LogP contribution in [0.4, 0.5) is 13.2 Å². The minimum absolute atomic E-state index is 0.0778. The van der Waals surface area contributed by atoms with Crippen LogP contribution >= 0.6 is 0 Å². The fourth-order valence-corrected chi connectivity index (χ4v) is 3.77. The summed E-state index contributed by atoms with van der Waals surface area (Å²) in [5.74, 6) is -1.19.